The third kappa shape index (κ3) is 14.2. The summed E-state index contributed by atoms with van der Waals surface area (Å²) in [6.45, 7) is 3.34. The van der Waals surface area contributed by atoms with Crippen LogP contribution in [0.25, 0.3) is 5.43 Å². The fraction of sp³-hybridized carbons (Fsp3) is 0.0930. The molecule has 10 heteroatoms. The summed E-state index contributed by atoms with van der Waals surface area (Å²) < 4.78 is 8.69. The van der Waals surface area contributed by atoms with E-state index >= 15 is 0 Å². The van der Waals surface area contributed by atoms with Crippen LogP contribution in [-0.4, -0.2) is 31.2 Å². The Morgan fingerprint density at radius 1 is 0.453 bits per heavy atom. The molecule has 274 valence electrons. The molecule has 0 bridgehead atoms. The number of nitrogens with zero attached hydrogens (tertiary/aromatic N) is 1. The molecule has 0 atom stereocenters. The quantitative estimate of drug-likeness (QED) is 0.0769. The summed E-state index contributed by atoms with van der Waals surface area (Å²) in [4.78, 5) is 32.0. The molecule has 0 spiro atoms. The van der Waals surface area contributed by atoms with E-state index in [2.05, 4.69) is 197 Å². The van der Waals surface area contributed by atoms with Crippen molar-refractivity contribution in [2.75, 3.05) is 13.2 Å². The second kappa shape index (κ2) is 24.3. The van der Waals surface area contributed by atoms with Crippen LogP contribution in [-0.2, 0) is 40.1 Å². The normalized spacial score (nSPS) is 9.89. The smallest absolute Gasteiger partial charge is 0.395 e. The molecule has 0 fully saturated rings. The molecular weight excluding hydrogens is 882 g/mol. The number of hydrogen-bond donors (Lipinski definition) is 1. The van der Waals surface area contributed by atoms with Crippen LogP contribution in [0, 0.1) is 0 Å². The van der Waals surface area contributed by atoms with Gasteiger partial charge in [-0.3, -0.25) is 9.59 Å². The number of nitrogens with one attached hydrogen (secondary N) is 1. The fourth-order valence-corrected chi connectivity index (χ4v) is 9.46. The standard InChI is InChI=1S/2C18H15P.C7H12N2O5.Pt/c2*1-4-10-16(11-5-1)19(17-12-6-2-7-13-17)18-14-8-3-9-15-18;1-3-13-6(11)5(10)8-9-7(12)14-4-2;/h2*1-15H;3-4H2,1-2H3,(H2,8,9,10,11,12);/p-1. The van der Waals surface area contributed by atoms with Crippen molar-refractivity contribution >= 4 is 65.6 Å². The number of esters is 1. The zero-order valence-electron chi connectivity index (χ0n) is 29.4. The van der Waals surface area contributed by atoms with Gasteiger partial charge in [-0.15, -0.1) is 0 Å². The van der Waals surface area contributed by atoms with E-state index in [1.54, 1.807) is 19.3 Å². The van der Waals surface area contributed by atoms with Crippen LogP contribution >= 0.6 is 15.8 Å². The van der Waals surface area contributed by atoms with Gasteiger partial charge in [0.15, 0.2) is 0 Å². The molecule has 6 rings (SSSR count). The van der Waals surface area contributed by atoms with Gasteiger partial charge >= 0.3 is 11.9 Å². The second-order valence-corrected chi connectivity index (χ2v) is 15.1. The van der Waals surface area contributed by atoms with Gasteiger partial charge in [-0.2, -0.15) is 0 Å². The monoisotopic (exact) mass is 922 g/mol. The molecule has 0 saturated heterocycles. The third-order valence-corrected chi connectivity index (χ3v) is 12.0. The van der Waals surface area contributed by atoms with Gasteiger partial charge in [0.25, 0.3) is 0 Å². The fourth-order valence-electron chi connectivity index (χ4n) is 4.85. The van der Waals surface area contributed by atoms with E-state index in [-0.39, 0.29) is 34.3 Å². The van der Waals surface area contributed by atoms with E-state index in [9.17, 15) is 14.4 Å². The largest absolute Gasteiger partial charge is 0.528 e. The molecule has 0 aliphatic heterocycles. The van der Waals surface area contributed by atoms with E-state index in [0.29, 0.717) is 0 Å². The van der Waals surface area contributed by atoms with Crippen LogP contribution in [0.1, 0.15) is 13.8 Å². The van der Waals surface area contributed by atoms with Gasteiger partial charge in [0, 0.05) is 21.1 Å². The minimum Gasteiger partial charge on any atom is -0.528 e. The Hall–Kier alpha value is -4.92. The van der Waals surface area contributed by atoms with Crippen molar-refractivity contribution in [2.45, 2.75) is 13.8 Å². The van der Waals surface area contributed by atoms with Gasteiger partial charge in [0.1, 0.15) is 0 Å². The zero-order valence-corrected chi connectivity index (χ0v) is 33.5. The van der Waals surface area contributed by atoms with E-state index in [0.717, 1.165) is 0 Å². The zero-order chi connectivity index (χ0) is 36.8. The molecule has 2 amide bonds. The predicted octanol–water partition coefficient (Wildman–Crippen LogP) is 7.00. The molecule has 53 heavy (non-hydrogen) atoms. The average molecular weight is 923 g/mol. The van der Waals surface area contributed by atoms with Crippen LogP contribution in [0.4, 0.5) is 4.79 Å². The Balaban J connectivity index is 0.000000216. The maximum absolute atomic E-state index is 10.8. The number of ether oxygens (including phenoxy) is 2. The van der Waals surface area contributed by atoms with Gasteiger partial charge in [0.2, 0.25) is 6.09 Å². The molecule has 6 aromatic rings. The SMILES string of the molecule is CCOC(=O)[N-]NC(=O)C(=O)OCC.[Pt].c1ccc(P(c2ccccc2)c2ccccc2)cc1.c1ccc(P(c2ccccc2)c2ccccc2)cc1. The number of carbonyl (C=O) groups excluding carboxylic acids is 3. The molecule has 0 heterocycles. The summed E-state index contributed by atoms with van der Waals surface area (Å²) in [6.07, 6.45) is -0.967. The van der Waals surface area contributed by atoms with Crippen molar-refractivity contribution in [3.63, 3.8) is 0 Å². The molecule has 0 unspecified atom stereocenters. The molecule has 0 aliphatic rings. The first-order valence-electron chi connectivity index (χ1n) is 16.8. The number of hydrogen-bond acceptors (Lipinski definition) is 5. The Bertz CT molecular complexity index is 1600. The Morgan fingerprint density at radius 2 is 0.698 bits per heavy atom. The van der Waals surface area contributed by atoms with E-state index in [4.69, 9.17) is 0 Å². The summed E-state index contributed by atoms with van der Waals surface area (Å²) in [5, 5.41) is 8.39. The van der Waals surface area contributed by atoms with Crippen molar-refractivity contribution in [3.05, 3.63) is 187 Å². The summed E-state index contributed by atoms with van der Waals surface area (Å²) in [7, 11) is -0.892. The van der Waals surface area contributed by atoms with E-state index in [1.165, 1.54) is 31.8 Å². The first kappa shape index (κ1) is 42.5. The number of benzene rings is 6. The molecule has 0 aromatic heterocycles. The Morgan fingerprint density at radius 3 is 0.925 bits per heavy atom. The molecule has 6 aromatic carbocycles. The average Bonchev–Trinajstić information content (AvgIpc) is 3.20. The van der Waals surface area contributed by atoms with Crippen molar-refractivity contribution in [1.82, 2.24) is 5.43 Å². The molecule has 7 nitrogen and oxygen atoms in total. The maximum atomic E-state index is 10.8. The molecular formula is C43H41N2O5P2Pt-. The number of amides is 2. The first-order chi connectivity index (χ1) is 25.5. The van der Waals surface area contributed by atoms with Crippen molar-refractivity contribution in [1.29, 1.82) is 0 Å². The van der Waals surface area contributed by atoms with Crippen LogP contribution < -0.4 is 37.3 Å². The van der Waals surface area contributed by atoms with Crippen molar-refractivity contribution in [2.24, 2.45) is 0 Å². The number of carbonyl (C=O) groups is 3. The van der Waals surface area contributed by atoms with Crippen LogP contribution in [0.5, 0.6) is 0 Å². The minimum atomic E-state index is -1.11. The van der Waals surface area contributed by atoms with E-state index in [1.807, 2.05) is 0 Å². The van der Waals surface area contributed by atoms with Crippen molar-refractivity contribution in [3.8, 4) is 0 Å². The minimum absolute atomic E-state index is 0. The molecule has 0 radical (unpaired) electrons. The molecule has 0 aliphatic carbocycles. The van der Waals surface area contributed by atoms with Crippen LogP contribution in [0.2, 0.25) is 0 Å². The maximum Gasteiger partial charge on any atom is 0.395 e. The molecule has 0 saturated carbocycles. The van der Waals surface area contributed by atoms with Gasteiger partial charge in [-0.25, -0.2) is 4.79 Å². The van der Waals surface area contributed by atoms with Crippen molar-refractivity contribution < 1.29 is 44.9 Å². The van der Waals surface area contributed by atoms with E-state index < -0.39 is 33.8 Å². The Kier molecular flexibility index (Phi) is 19.5. The van der Waals surface area contributed by atoms with Gasteiger partial charge in [0.05, 0.1) is 13.2 Å². The van der Waals surface area contributed by atoms with Gasteiger partial charge < -0.3 is 20.3 Å². The van der Waals surface area contributed by atoms with Crippen LogP contribution in [0.3, 0.4) is 0 Å². The summed E-state index contributed by atoms with van der Waals surface area (Å²) in [5.74, 6) is -2.21. The van der Waals surface area contributed by atoms with Gasteiger partial charge in [-0.1, -0.05) is 182 Å². The number of rotatable bonds is 8. The summed E-state index contributed by atoms with van der Waals surface area (Å²) in [5.41, 5.74) is 4.64. The summed E-state index contributed by atoms with van der Waals surface area (Å²) >= 11 is 0. The van der Waals surface area contributed by atoms with Crippen LogP contribution in [0.15, 0.2) is 182 Å². The first-order valence-corrected chi connectivity index (χ1v) is 19.4. The topological polar surface area (TPSA) is 95.8 Å². The summed E-state index contributed by atoms with van der Waals surface area (Å²) in [6, 6.07) is 64.7. The van der Waals surface area contributed by atoms with Gasteiger partial charge in [-0.05, 0) is 61.5 Å². The third-order valence-electron chi connectivity index (χ3n) is 7.06. The second-order valence-electron chi connectivity index (χ2n) is 10.7. The predicted molar refractivity (Wildman–Crippen MR) is 215 cm³/mol. The molecule has 1 N–H and O–H groups in total. The Labute approximate surface area is 328 Å².